The van der Waals surface area contributed by atoms with Crippen LogP contribution in [0.15, 0.2) is 104 Å². The molecule has 1 saturated heterocycles. The predicted octanol–water partition coefficient (Wildman–Crippen LogP) is 7.01. The highest BCUT2D eigenvalue weighted by molar-refractivity contribution is 7.80. The number of rotatable bonds is 8. The van der Waals surface area contributed by atoms with Crippen LogP contribution in [0.5, 0.6) is 0 Å². The molecule has 0 saturated carbocycles. The minimum Gasteiger partial charge on any atom is -0.445 e. The van der Waals surface area contributed by atoms with Gasteiger partial charge in [-0.1, -0.05) is 116 Å². The Bertz CT molecular complexity index is 1070. The predicted molar refractivity (Wildman–Crippen MR) is 145 cm³/mol. The second-order valence-corrected chi connectivity index (χ2v) is 9.37. The minimum absolute atomic E-state index is 0.0692. The van der Waals surface area contributed by atoms with Crippen LogP contribution in [0.3, 0.4) is 0 Å². The molecule has 3 aromatic carbocycles. The summed E-state index contributed by atoms with van der Waals surface area (Å²) in [5, 5.41) is 3.04. The maximum Gasteiger partial charge on any atom is 0.408 e. The Morgan fingerprint density at radius 2 is 1.46 bits per heavy atom. The highest BCUT2D eigenvalue weighted by Crippen LogP contribution is 2.45. The molecule has 0 aromatic heterocycles. The third-order valence-electron chi connectivity index (χ3n) is 6.66. The Morgan fingerprint density at radius 1 is 0.971 bits per heavy atom. The first-order valence-corrected chi connectivity index (χ1v) is 12.5. The maximum atomic E-state index is 12.8. The maximum absolute atomic E-state index is 12.8. The Balaban J connectivity index is 1.58. The molecule has 1 amide bonds. The van der Waals surface area contributed by atoms with Crippen molar-refractivity contribution in [1.29, 1.82) is 0 Å². The summed E-state index contributed by atoms with van der Waals surface area (Å²) in [7, 11) is 0. The Hall–Kier alpha value is -3.44. The standard InChI is InChI=1S/C30H32N2O2S/c1-3-22(2)28(31-30(33)34-21-23-13-7-4-8-14-23)29(35)32-26(24-15-9-5-10-16-24)19-20-27(32)25-17-11-6-12-18-25/h3-18,22,26-28H,1,19-21H2,2H3,(H,31,33)/t22-,26-,27-,28-/m1/s1. The molecule has 0 aliphatic carbocycles. The van der Waals surface area contributed by atoms with E-state index >= 15 is 0 Å². The topological polar surface area (TPSA) is 41.6 Å². The van der Waals surface area contributed by atoms with Crippen LogP contribution in [0.2, 0.25) is 0 Å². The number of nitrogens with zero attached hydrogens (tertiary/aromatic N) is 1. The van der Waals surface area contributed by atoms with E-state index in [1.54, 1.807) is 0 Å². The van der Waals surface area contributed by atoms with E-state index in [4.69, 9.17) is 17.0 Å². The second kappa shape index (κ2) is 11.8. The Labute approximate surface area is 213 Å². The zero-order valence-electron chi connectivity index (χ0n) is 20.0. The fourth-order valence-corrected chi connectivity index (χ4v) is 5.26. The van der Waals surface area contributed by atoms with Crippen LogP contribution in [0.4, 0.5) is 4.79 Å². The van der Waals surface area contributed by atoms with Crippen LogP contribution in [0.1, 0.15) is 48.5 Å². The number of benzene rings is 3. The van der Waals surface area contributed by atoms with Crippen LogP contribution >= 0.6 is 12.2 Å². The summed E-state index contributed by atoms with van der Waals surface area (Å²) in [6, 6.07) is 30.4. The molecule has 1 heterocycles. The Kier molecular flexibility index (Phi) is 8.32. The van der Waals surface area contributed by atoms with Crippen LogP contribution in [-0.2, 0) is 11.3 Å². The van der Waals surface area contributed by atoms with Crippen molar-refractivity contribution < 1.29 is 9.53 Å². The number of hydrogen-bond donors (Lipinski definition) is 1. The summed E-state index contributed by atoms with van der Waals surface area (Å²) in [6.07, 6.45) is 3.32. The van der Waals surface area contributed by atoms with Crippen molar-refractivity contribution in [2.45, 2.75) is 44.5 Å². The lowest BCUT2D eigenvalue weighted by Crippen LogP contribution is -2.51. The molecule has 5 heteroatoms. The summed E-state index contributed by atoms with van der Waals surface area (Å²) in [5.41, 5.74) is 3.39. The zero-order valence-corrected chi connectivity index (χ0v) is 20.9. The van der Waals surface area contributed by atoms with Gasteiger partial charge in [0.1, 0.15) is 11.6 Å². The molecule has 4 rings (SSSR count). The van der Waals surface area contributed by atoms with Crippen molar-refractivity contribution in [1.82, 2.24) is 10.2 Å². The van der Waals surface area contributed by atoms with Gasteiger partial charge in [-0.25, -0.2) is 4.79 Å². The number of amides is 1. The van der Waals surface area contributed by atoms with E-state index in [9.17, 15) is 4.79 Å². The minimum atomic E-state index is -0.485. The lowest BCUT2D eigenvalue weighted by atomic mass is 9.98. The monoisotopic (exact) mass is 484 g/mol. The second-order valence-electron chi connectivity index (χ2n) is 8.95. The SMILES string of the molecule is C=C[C@@H](C)[C@@H](NC(=O)OCc1ccccc1)C(=S)N1[C@@H](c2ccccc2)CC[C@@H]1c1ccccc1. The van der Waals surface area contributed by atoms with E-state index in [-0.39, 0.29) is 24.6 Å². The van der Waals surface area contributed by atoms with Gasteiger partial charge in [-0.05, 0) is 29.5 Å². The highest BCUT2D eigenvalue weighted by atomic mass is 32.1. The average Bonchev–Trinajstić information content (AvgIpc) is 3.36. The van der Waals surface area contributed by atoms with Crippen molar-refractivity contribution >= 4 is 23.3 Å². The lowest BCUT2D eigenvalue weighted by molar-refractivity contribution is 0.136. The average molecular weight is 485 g/mol. The highest BCUT2D eigenvalue weighted by Gasteiger charge is 2.40. The summed E-state index contributed by atoms with van der Waals surface area (Å²) in [6.45, 7) is 6.20. The molecule has 0 bridgehead atoms. The van der Waals surface area contributed by atoms with Crippen molar-refractivity contribution in [3.8, 4) is 0 Å². The van der Waals surface area contributed by atoms with Gasteiger partial charge in [0.15, 0.2) is 0 Å². The molecule has 4 atom stereocenters. The van der Waals surface area contributed by atoms with Gasteiger partial charge in [-0.3, -0.25) is 0 Å². The van der Waals surface area contributed by atoms with E-state index in [0.29, 0.717) is 4.99 Å². The largest absolute Gasteiger partial charge is 0.445 e. The number of nitrogens with one attached hydrogen (secondary N) is 1. The van der Waals surface area contributed by atoms with Gasteiger partial charge in [0.25, 0.3) is 0 Å². The molecule has 3 aromatic rings. The summed E-state index contributed by atoms with van der Waals surface area (Å²) < 4.78 is 5.53. The Morgan fingerprint density at radius 3 is 1.94 bits per heavy atom. The number of alkyl carbamates (subject to hydrolysis) is 1. The van der Waals surface area contributed by atoms with E-state index in [1.807, 2.05) is 55.5 Å². The molecule has 0 radical (unpaired) electrons. The first-order chi connectivity index (χ1) is 17.1. The van der Waals surface area contributed by atoms with E-state index < -0.39 is 12.1 Å². The molecule has 4 nitrogen and oxygen atoms in total. The fourth-order valence-electron chi connectivity index (χ4n) is 4.73. The van der Waals surface area contributed by atoms with E-state index in [2.05, 4.69) is 65.3 Å². The van der Waals surface area contributed by atoms with Crippen LogP contribution < -0.4 is 5.32 Å². The smallest absolute Gasteiger partial charge is 0.408 e. The number of likely N-dealkylation sites (tertiary alicyclic amines) is 1. The third kappa shape index (κ3) is 5.98. The van der Waals surface area contributed by atoms with Crippen molar-refractivity contribution in [3.05, 3.63) is 120 Å². The summed E-state index contributed by atoms with van der Waals surface area (Å²) in [5.74, 6) is -0.0692. The zero-order chi connectivity index (χ0) is 24.6. The molecule has 1 aliphatic heterocycles. The van der Waals surface area contributed by atoms with Gasteiger partial charge in [0.2, 0.25) is 0 Å². The molecule has 1 aliphatic rings. The van der Waals surface area contributed by atoms with Gasteiger partial charge in [-0.15, -0.1) is 6.58 Å². The number of ether oxygens (including phenoxy) is 1. The molecular formula is C30H32N2O2S. The molecule has 0 spiro atoms. The van der Waals surface area contributed by atoms with Crippen LogP contribution in [-0.4, -0.2) is 22.0 Å². The third-order valence-corrected chi connectivity index (χ3v) is 7.12. The number of thiocarbonyl (C=S) groups is 1. The molecule has 1 N–H and O–H groups in total. The van der Waals surface area contributed by atoms with E-state index in [0.717, 1.165) is 18.4 Å². The molecular weight excluding hydrogens is 452 g/mol. The molecule has 180 valence electrons. The first-order valence-electron chi connectivity index (χ1n) is 12.1. The number of carbonyl (C=O) groups excluding carboxylic acids is 1. The normalized spacial score (nSPS) is 18.9. The van der Waals surface area contributed by atoms with Crippen molar-refractivity contribution in [2.75, 3.05) is 0 Å². The molecule has 35 heavy (non-hydrogen) atoms. The van der Waals surface area contributed by atoms with Gasteiger partial charge in [0.05, 0.1) is 18.1 Å². The van der Waals surface area contributed by atoms with Crippen molar-refractivity contribution in [2.24, 2.45) is 5.92 Å². The van der Waals surface area contributed by atoms with Gasteiger partial charge in [0, 0.05) is 5.92 Å². The summed E-state index contributed by atoms with van der Waals surface area (Å²) >= 11 is 6.14. The van der Waals surface area contributed by atoms with Gasteiger partial charge < -0.3 is 15.0 Å². The fraction of sp³-hybridized carbons (Fsp3) is 0.267. The quantitative estimate of drug-likeness (QED) is 0.276. The lowest BCUT2D eigenvalue weighted by Gasteiger charge is -2.38. The van der Waals surface area contributed by atoms with E-state index in [1.165, 1.54) is 11.1 Å². The van der Waals surface area contributed by atoms with Crippen molar-refractivity contribution in [3.63, 3.8) is 0 Å². The molecule has 0 unspecified atom stereocenters. The summed E-state index contributed by atoms with van der Waals surface area (Å²) in [4.78, 5) is 15.8. The van der Waals surface area contributed by atoms with Gasteiger partial charge >= 0.3 is 6.09 Å². The number of carbonyl (C=O) groups is 1. The first kappa shape index (κ1) is 24.7. The van der Waals surface area contributed by atoms with Crippen LogP contribution in [0.25, 0.3) is 0 Å². The molecule has 1 fully saturated rings. The van der Waals surface area contributed by atoms with Gasteiger partial charge in [-0.2, -0.15) is 0 Å². The van der Waals surface area contributed by atoms with Crippen LogP contribution in [0, 0.1) is 5.92 Å². The number of hydrogen-bond acceptors (Lipinski definition) is 3.